The lowest BCUT2D eigenvalue weighted by molar-refractivity contribution is -0.169. The topological polar surface area (TPSA) is 9.23 Å². The van der Waals surface area contributed by atoms with Crippen molar-refractivity contribution in [3.8, 4) is 0 Å². The van der Waals surface area contributed by atoms with Crippen molar-refractivity contribution >= 4 is 0 Å². The average Bonchev–Trinajstić information content (AvgIpc) is 2.16. The Kier molecular flexibility index (Phi) is 3.52. The molecule has 1 atom stereocenters. The normalized spacial score (nSPS) is 15.5. The van der Waals surface area contributed by atoms with Crippen LogP contribution in [0.3, 0.4) is 0 Å². The van der Waals surface area contributed by atoms with Crippen LogP contribution >= 0.6 is 0 Å². The Morgan fingerprint density at radius 3 is 2.36 bits per heavy atom. The summed E-state index contributed by atoms with van der Waals surface area (Å²) in [5.41, 5.74) is 0.651. The third-order valence-electron chi connectivity index (χ3n) is 1.69. The Hall–Kier alpha value is -1.03. The van der Waals surface area contributed by atoms with Gasteiger partial charge in [-0.2, -0.15) is 8.78 Å². The van der Waals surface area contributed by atoms with E-state index in [1.54, 1.807) is 30.3 Å². The van der Waals surface area contributed by atoms with Crippen LogP contribution in [0.5, 0.6) is 0 Å². The summed E-state index contributed by atoms with van der Waals surface area (Å²) in [6.07, 6.45) is -2.37. The summed E-state index contributed by atoms with van der Waals surface area (Å²) < 4.78 is 41.2. The summed E-state index contributed by atoms with van der Waals surface area (Å²) in [4.78, 5) is 0. The molecule has 1 unspecified atom stereocenters. The van der Waals surface area contributed by atoms with E-state index in [-0.39, 0.29) is 6.61 Å². The molecule has 0 fully saturated rings. The maximum absolute atomic E-state index is 12.9. The first kappa shape index (κ1) is 11.0. The van der Waals surface area contributed by atoms with E-state index < -0.39 is 12.3 Å². The van der Waals surface area contributed by atoms with E-state index >= 15 is 0 Å². The van der Waals surface area contributed by atoms with E-state index in [2.05, 4.69) is 4.74 Å². The first-order chi connectivity index (χ1) is 6.52. The van der Waals surface area contributed by atoms with Crippen LogP contribution < -0.4 is 0 Å². The van der Waals surface area contributed by atoms with Gasteiger partial charge in [0, 0.05) is 6.92 Å². The molecule has 1 aromatic carbocycles. The van der Waals surface area contributed by atoms with Crippen LogP contribution in [0.1, 0.15) is 12.5 Å². The Balaban J connectivity index is 2.49. The summed E-state index contributed by atoms with van der Waals surface area (Å²) in [6.45, 7) is 0.510. The SMILES string of the molecule is CC(F)(OCc1ccccc1)[C](F)F. The second kappa shape index (κ2) is 4.46. The third-order valence-corrected chi connectivity index (χ3v) is 1.69. The van der Waals surface area contributed by atoms with E-state index in [9.17, 15) is 13.2 Å². The molecule has 0 aliphatic heterocycles. The van der Waals surface area contributed by atoms with Gasteiger partial charge in [-0.3, -0.25) is 0 Å². The molecule has 0 heterocycles. The fourth-order valence-electron chi connectivity index (χ4n) is 0.848. The van der Waals surface area contributed by atoms with Crippen molar-refractivity contribution in [2.75, 3.05) is 0 Å². The zero-order chi connectivity index (χ0) is 10.6. The summed E-state index contributed by atoms with van der Waals surface area (Å²) in [7, 11) is 0. The summed E-state index contributed by atoms with van der Waals surface area (Å²) in [6, 6.07) is 8.58. The molecule has 0 saturated carbocycles. The molecule has 0 saturated heterocycles. The van der Waals surface area contributed by atoms with Crippen LogP contribution in [0.15, 0.2) is 30.3 Å². The van der Waals surface area contributed by atoms with Crippen molar-refractivity contribution in [2.45, 2.75) is 19.4 Å². The molecule has 1 rings (SSSR count). The van der Waals surface area contributed by atoms with Crippen LogP contribution in [-0.2, 0) is 11.3 Å². The summed E-state index contributed by atoms with van der Waals surface area (Å²) in [5.74, 6) is -2.96. The Labute approximate surface area is 80.5 Å². The zero-order valence-electron chi connectivity index (χ0n) is 7.64. The molecule has 4 heteroatoms. The molecule has 1 radical (unpaired) electrons. The minimum absolute atomic E-state index is 0.175. The van der Waals surface area contributed by atoms with Crippen molar-refractivity contribution < 1.29 is 17.9 Å². The number of benzene rings is 1. The zero-order valence-corrected chi connectivity index (χ0v) is 7.64. The number of halogens is 3. The van der Waals surface area contributed by atoms with E-state index in [1.807, 2.05) is 0 Å². The Morgan fingerprint density at radius 2 is 1.86 bits per heavy atom. The number of hydrogen-bond donors (Lipinski definition) is 0. The number of ether oxygens (including phenoxy) is 1. The van der Waals surface area contributed by atoms with E-state index in [1.165, 1.54) is 0 Å². The van der Waals surface area contributed by atoms with Gasteiger partial charge >= 0.3 is 6.43 Å². The molecule has 0 spiro atoms. The molecule has 0 aliphatic carbocycles. The number of rotatable bonds is 4. The van der Waals surface area contributed by atoms with Gasteiger partial charge in [0.25, 0.3) is 5.85 Å². The highest BCUT2D eigenvalue weighted by Crippen LogP contribution is 2.28. The van der Waals surface area contributed by atoms with Gasteiger partial charge in [0.05, 0.1) is 6.61 Å². The molecule has 14 heavy (non-hydrogen) atoms. The first-order valence-corrected chi connectivity index (χ1v) is 4.07. The third kappa shape index (κ3) is 3.03. The monoisotopic (exact) mass is 203 g/mol. The predicted octanol–water partition coefficient (Wildman–Crippen LogP) is 3.32. The second-order valence-corrected chi connectivity index (χ2v) is 2.95. The molecule has 0 bridgehead atoms. The van der Waals surface area contributed by atoms with Gasteiger partial charge in [-0.25, -0.2) is 4.39 Å². The standard InChI is InChI=1S/C10H10F3O/c1-10(13,9(11)12)14-7-8-5-3-2-4-6-8/h2-6H,7H2,1H3. The van der Waals surface area contributed by atoms with Gasteiger partial charge in [-0.05, 0) is 5.56 Å². The minimum Gasteiger partial charge on any atom is -0.336 e. The molecular formula is C10H10F3O. The molecule has 1 nitrogen and oxygen atoms in total. The summed E-state index contributed by atoms with van der Waals surface area (Å²) in [5, 5.41) is 0. The van der Waals surface area contributed by atoms with Crippen molar-refractivity contribution in [2.24, 2.45) is 0 Å². The van der Waals surface area contributed by atoms with Crippen LogP contribution in [0, 0.1) is 6.43 Å². The molecule has 0 amide bonds. The molecule has 1 aromatic rings. The largest absolute Gasteiger partial charge is 0.372 e. The highest BCUT2D eigenvalue weighted by atomic mass is 19.3. The van der Waals surface area contributed by atoms with Gasteiger partial charge in [-0.1, -0.05) is 30.3 Å². The highest BCUT2D eigenvalue weighted by Gasteiger charge is 2.38. The molecule has 0 aromatic heterocycles. The lowest BCUT2D eigenvalue weighted by Gasteiger charge is -2.18. The lowest BCUT2D eigenvalue weighted by Crippen LogP contribution is -2.26. The molecule has 0 N–H and O–H groups in total. The van der Waals surface area contributed by atoms with Gasteiger partial charge in [0.2, 0.25) is 0 Å². The van der Waals surface area contributed by atoms with Crippen LogP contribution in [0.4, 0.5) is 13.2 Å². The smallest absolute Gasteiger partial charge is 0.336 e. The number of hydrogen-bond acceptors (Lipinski definition) is 1. The van der Waals surface area contributed by atoms with Gasteiger partial charge in [0.15, 0.2) is 0 Å². The molecular weight excluding hydrogens is 193 g/mol. The van der Waals surface area contributed by atoms with Gasteiger partial charge < -0.3 is 4.74 Å². The minimum atomic E-state index is -2.96. The Bertz CT molecular complexity index is 272. The first-order valence-electron chi connectivity index (χ1n) is 4.07. The lowest BCUT2D eigenvalue weighted by atomic mass is 10.2. The van der Waals surface area contributed by atoms with Crippen molar-refractivity contribution in [3.63, 3.8) is 0 Å². The van der Waals surface area contributed by atoms with Gasteiger partial charge in [0.1, 0.15) is 0 Å². The predicted molar refractivity (Wildman–Crippen MR) is 46.2 cm³/mol. The summed E-state index contributed by atoms with van der Waals surface area (Å²) >= 11 is 0. The molecule has 77 valence electrons. The van der Waals surface area contributed by atoms with E-state index in [0.717, 1.165) is 0 Å². The van der Waals surface area contributed by atoms with Crippen LogP contribution in [-0.4, -0.2) is 5.85 Å². The quantitative estimate of drug-likeness (QED) is 0.729. The van der Waals surface area contributed by atoms with E-state index in [4.69, 9.17) is 0 Å². The van der Waals surface area contributed by atoms with Crippen LogP contribution in [0.2, 0.25) is 0 Å². The van der Waals surface area contributed by atoms with Crippen molar-refractivity contribution in [3.05, 3.63) is 42.3 Å². The van der Waals surface area contributed by atoms with E-state index in [0.29, 0.717) is 12.5 Å². The molecule has 0 aliphatic rings. The van der Waals surface area contributed by atoms with Crippen molar-refractivity contribution in [1.82, 2.24) is 0 Å². The number of alkyl halides is 1. The fourth-order valence-corrected chi connectivity index (χ4v) is 0.848. The van der Waals surface area contributed by atoms with Crippen LogP contribution in [0.25, 0.3) is 0 Å². The average molecular weight is 203 g/mol. The fraction of sp³-hybridized carbons (Fsp3) is 0.300. The maximum atomic E-state index is 12.9. The second-order valence-electron chi connectivity index (χ2n) is 2.95. The Morgan fingerprint density at radius 1 is 1.29 bits per heavy atom. The highest BCUT2D eigenvalue weighted by molar-refractivity contribution is 5.13. The van der Waals surface area contributed by atoms with Crippen molar-refractivity contribution in [1.29, 1.82) is 0 Å². The van der Waals surface area contributed by atoms with Gasteiger partial charge in [-0.15, -0.1) is 0 Å². The maximum Gasteiger partial charge on any atom is 0.372 e.